The highest BCUT2D eigenvalue weighted by molar-refractivity contribution is 7.23. The summed E-state index contributed by atoms with van der Waals surface area (Å²) in [4.78, 5) is 16.2. The van der Waals surface area contributed by atoms with E-state index in [1.165, 1.54) is 11.3 Å². The van der Waals surface area contributed by atoms with E-state index in [2.05, 4.69) is 10.3 Å². The number of nitrogens with one attached hydrogen (secondary N) is 1. The Labute approximate surface area is 158 Å². The second-order valence-electron chi connectivity index (χ2n) is 5.73. The number of ether oxygens (including phenoxy) is 3. The zero-order valence-electron chi connectivity index (χ0n) is 13.6. The number of halogens is 1. The van der Waals surface area contributed by atoms with Crippen LogP contribution in [0.3, 0.4) is 0 Å². The maximum absolute atomic E-state index is 12.0. The summed E-state index contributed by atoms with van der Waals surface area (Å²) in [6, 6.07) is 8.93. The van der Waals surface area contributed by atoms with E-state index in [9.17, 15) is 4.79 Å². The normalized spacial score (nSPS) is 16.6. The number of rotatable bonds is 4. The molecule has 1 aliphatic heterocycles. The molecule has 3 heterocycles. The monoisotopic (exact) mass is 390 g/mol. The van der Waals surface area contributed by atoms with E-state index in [-0.39, 0.29) is 6.10 Å². The van der Waals surface area contributed by atoms with Crippen molar-refractivity contribution in [2.24, 2.45) is 0 Å². The Morgan fingerprint density at radius 2 is 2.15 bits per heavy atom. The van der Waals surface area contributed by atoms with E-state index < -0.39 is 6.09 Å². The molecule has 1 unspecified atom stereocenters. The van der Waals surface area contributed by atoms with Gasteiger partial charge in [0.15, 0.2) is 5.75 Å². The van der Waals surface area contributed by atoms with E-state index in [1.807, 2.05) is 6.07 Å². The van der Waals surface area contributed by atoms with Crippen molar-refractivity contribution in [1.29, 1.82) is 0 Å². The van der Waals surface area contributed by atoms with Crippen molar-refractivity contribution in [3.63, 3.8) is 0 Å². The Morgan fingerprint density at radius 3 is 2.92 bits per heavy atom. The summed E-state index contributed by atoms with van der Waals surface area (Å²) < 4.78 is 17.3. The van der Waals surface area contributed by atoms with Crippen molar-refractivity contribution < 1.29 is 19.0 Å². The lowest BCUT2D eigenvalue weighted by atomic mass is 10.3. The highest BCUT2D eigenvalue weighted by Gasteiger charge is 2.20. The Hall–Kier alpha value is -2.35. The minimum Gasteiger partial charge on any atom is -0.455 e. The van der Waals surface area contributed by atoms with Crippen molar-refractivity contribution in [2.75, 3.05) is 18.5 Å². The summed E-state index contributed by atoms with van der Waals surface area (Å²) in [6.45, 7) is 1.07. The fourth-order valence-electron chi connectivity index (χ4n) is 2.60. The first-order valence-corrected chi connectivity index (χ1v) is 9.23. The topological polar surface area (TPSA) is 69.7 Å². The third kappa shape index (κ3) is 3.90. The summed E-state index contributed by atoms with van der Waals surface area (Å²) in [7, 11) is 0. The molecule has 1 aliphatic rings. The lowest BCUT2D eigenvalue weighted by Crippen LogP contribution is -2.22. The third-order valence-electron chi connectivity index (χ3n) is 3.84. The van der Waals surface area contributed by atoms with Crippen LogP contribution in [-0.2, 0) is 9.47 Å². The molecule has 26 heavy (non-hydrogen) atoms. The molecule has 1 saturated heterocycles. The third-order valence-corrected chi connectivity index (χ3v) is 5.08. The van der Waals surface area contributed by atoms with Gasteiger partial charge in [-0.15, -0.1) is 11.3 Å². The first kappa shape index (κ1) is 17.1. The average molecular weight is 391 g/mol. The van der Waals surface area contributed by atoms with E-state index in [4.69, 9.17) is 25.8 Å². The smallest absolute Gasteiger partial charge is 0.412 e. The van der Waals surface area contributed by atoms with Gasteiger partial charge in [-0.3, -0.25) is 10.3 Å². The number of carbonyl (C=O) groups excluding carboxylic acids is 1. The van der Waals surface area contributed by atoms with Gasteiger partial charge in [-0.05, 0) is 30.3 Å². The van der Waals surface area contributed by atoms with Gasteiger partial charge in [0.25, 0.3) is 0 Å². The molecule has 3 aromatic rings. The molecule has 1 N–H and O–H groups in total. The van der Waals surface area contributed by atoms with Crippen LogP contribution in [0.1, 0.15) is 6.42 Å². The Balaban J connectivity index is 1.51. The number of thiophene rings is 1. The Bertz CT molecular complexity index is 923. The molecule has 4 rings (SSSR count). The molecule has 0 spiro atoms. The van der Waals surface area contributed by atoms with E-state index >= 15 is 0 Å². The summed E-state index contributed by atoms with van der Waals surface area (Å²) >= 11 is 7.30. The lowest BCUT2D eigenvalue weighted by molar-refractivity contribution is 0.0932. The highest BCUT2D eigenvalue weighted by atomic mass is 35.5. The van der Waals surface area contributed by atoms with Crippen molar-refractivity contribution in [3.05, 3.63) is 47.7 Å². The molecular formula is C18H15ClN2O4S. The molecule has 0 bridgehead atoms. The molecule has 1 aromatic carbocycles. The molecule has 6 nitrogen and oxygen atoms in total. The van der Waals surface area contributed by atoms with Crippen molar-refractivity contribution in [2.45, 2.75) is 12.5 Å². The number of fused-ring (bicyclic) bond motifs is 1. The average Bonchev–Trinajstić information content (AvgIpc) is 3.26. The van der Waals surface area contributed by atoms with Crippen LogP contribution >= 0.6 is 22.9 Å². The molecular weight excluding hydrogens is 376 g/mol. The van der Waals surface area contributed by atoms with Crippen molar-refractivity contribution in [3.8, 4) is 11.5 Å². The molecule has 0 saturated carbocycles. The lowest BCUT2D eigenvalue weighted by Gasteiger charge is -2.09. The van der Waals surface area contributed by atoms with Crippen LogP contribution in [0.15, 0.2) is 42.7 Å². The minimum absolute atomic E-state index is 0.185. The predicted octanol–water partition coefficient (Wildman–Crippen LogP) is 5.08. The summed E-state index contributed by atoms with van der Waals surface area (Å²) in [5, 5.41) is 4.92. The largest absolute Gasteiger partial charge is 0.455 e. The molecule has 0 radical (unpaired) electrons. The number of amides is 1. The van der Waals surface area contributed by atoms with Gasteiger partial charge in [0.1, 0.15) is 11.9 Å². The SMILES string of the molecule is O=C(Nc1cc2c(Oc3ccc(Cl)cc3)cncc2s1)OC1CCOC1. The number of anilines is 1. The molecule has 8 heteroatoms. The maximum atomic E-state index is 12.0. The Morgan fingerprint density at radius 1 is 1.31 bits per heavy atom. The van der Waals surface area contributed by atoms with Crippen LogP contribution < -0.4 is 10.1 Å². The zero-order valence-corrected chi connectivity index (χ0v) is 15.2. The number of benzene rings is 1. The van der Waals surface area contributed by atoms with Crippen LogP contribution in [0.25, 0.3) is 10.1 Å². The van der Waals surface area contributed by atoms with Gasteiger partial charge in [0.2, 0.25) is 0 Å². The molecule has 2 aromatic heterocycles. The van der Waals surface area contributed by atoms with Crippen LogP contribution in [0.5, 0.6) is 11.5 Å². The maximum Gasteiger partial charge on any atom is 0.412 e. The second-order valence-corrected chi connectivity index (χ2v) is 7.25. The first-order valence-electron chi connectivity index (χ1n) is 8.04. The molecule has 1 atom stereocenters. The van der Waals surface area contributed by atoms with Gasteiger partial charge in [0.05, 0.1) is 29.1 Å². The number of nitrogens with zero attached hydrogens (tertiary/aromatic N) is 1. The highest BCUT2D eigenvalue weighted by Crippen LogP contribution is 2.37. The number of aromatic nitrogens is 1. The fraction of sp³-hybridized carbons (Fsp3) is 0.222. The fourth-order valence-corrected chi connectivity index (χ4v) is 3.65. The molecule has 1 amide bonds. The standard InChI is InChI=1S/C18H15ClN2O4S/c19-11-1-3-12(4-2-11)24-15-8-20-9-16-14(15)7-17(26-16)21-18(22)25-13-5-6-23-10-13/h1-4,7-9,13H,5-6,10H2,(H,21,22). The molecule has 134 valence electrons. The van der Waals surface area contributed by atoms with Gasteiger partial charge in [-0.25, -0.2) is 4.79 Å². The van der Waals surface area contributed by atoms with Gasteiger partial charge in [-0.1, -0.05) is 11.6 Å². The van der Waals surface area contributed by atoms with Crippen LogP contribution in [0.4, 0.5) is 9.80 Å². The number of carbonyl (C=O) groups is 1. The predicted molar refractivity (Wildman–Crippen MR) is 100 cm³/mol. The first-order chi connectivity index (χ1) is 12.7. The van der Waals surface area contributed by atoms with Crippen molar-refractivity contribution >= 4 is 44.1 Å². The zero-order chi connectivity index (χ0) is 17.9. The minimum atomic E-state index is -0.486. The van der Waals surface area contributed by atoms with E-state index in [0.717, 1.165) is 16.5 Å². The number of pyridine rings is 1. The molecule has 1 fully saturated rings. The molecule has 0 aliphatic carbocycles. The van der Waals surface area contributed by atoms with Gasteiger partial charge in [-0.2, -0.15) is 0 Å². The van der Waals surface area contributed by atoms with E-state index in [0.29, 0.717) is 34.7 Å². The number of hydrogen-bond donors (Lipinski definition) is 1. The number of hydrogen-bond acceptors (Lipinski definition) is 6. The van der Waals surface area contributed by atoms with Gasteiger partial charge in [0, 0.05) is 23.0 Å². The summed E-state index contributed by atoms with van der Waals surface area (Å²) in [5.74, 6) is 1.26. The quantitative estimate of drug-likeness (QED) is 0.672. The van der Waals surface area contributed by atoms with Crippen LogP contribution in [0.2, 0.25) is 5.02 Å². The van der Waals surface area contributed by atoms with Crippen molar-refractivity contribution in [1.82, 2.24) is 4.98 Å². The van der Waals surface area contributed by atoms with Gasteiger partial charge < -0.3 is 14.2 Å². The Kier molecular flexibility index (Phi) is 4.92. The van der Waals surface area contributed by atoms with Crippen LogP contribution in [0, 0.1) is 0 Å². The summed E-state index contributed by atoms with van der Waals surface area (Å²) in [6.07, 6.45) is 3.43. The van der Waals surface area contributed by atoms with E-state index in [1.54, 1.807) is 36.7 Å². The summed E-state index contributed by atoms with van der Waals surface area (Å²) in [5.41, 5.74) is 0. The van der Waals surface area contributed by atoms with Gasteiger partial charge >= 0.3 is 6.09 Å². The second kappa shape index (κ2) is 7.49. The van der Waals surface area contributed by atoms with Crippen LogP contribution in [-0.4, -0.2) is 30.4 Å².